The fourth-order valence-corrected chi connectivity index (χ4v) is 3.81. The van der Waals surface area contributed by atoms with Gasteiger partial charge in [0, 0.05) is 32.0 Å². The smallest absolute Gasteiger partial charge is 0.242 e. The van der Waals surface area contributed by atoms with E-state index in [0.717, 1.165) is 24.1 Å². The summed E-state index contributed by atoms with van der Waals surface area (Å²) < 4.78 is 2.04. The number of rotatable bonds is 11. The molecule has 1 aromatic heterocycles. The molecule has 1 heterocycles. The van der Waals surface area contributed by atoms with Crippen molar-refractivity contribution in [2.45, 2.75) is 53.0 Å². The molecule has 0 aliphatic rings. The van der Waals surface area contributed by atoms with Crippen molar-refractivity contribution in [2.75, 3.05) is 19.6 Å². The van der Waals surface area contributed by atoms with Crippen LogP contribution in [0.5, 0.6) is 0 Å². The molecule has 2 amide bonds. The quantitative estimate of drug-likeness (QED) is 0.549. The van der Waals surface area contributed by atoms with Crippen molar-refractivity contribution >= 4 is 11.8 Å². The lowest BCUT2D eigenvalue weighted by atomic mass is 9.95. The third-order valence-electron chi connectivity index (χ3n) is 5.38. The van der Waals surface area contributed by atoms with Gasteiger partial charge in [-0.1, -0.05) is 58.0 Å². The van der Waals surface area contributed by atoms with Crippen LogP contribution in [0.4, 0.5) is 0 Å². The second-order valence-corrected chi connectivity index (χ2v) is 8.41. The second-order valence-electron chi connectivity index (χ2n) is 8.41. The molecule has 0 fully saturated rings. The molecule has 5 heteroatoms. The van der Waals surface area contributed by atoms with E-state index in [9.17, 15) is 9.59 Å². The number of hydrogen-bond acceptors (Lipinski definition) is 2. The highest BCUT2D eigenvalue weighted by molar-refractivity contribution is 5.88. The van der Waals surface area contributed by atoms with Crippen molar-refractivity contribution in [1.29, 1.82) is 0 Å². The lowest BCUT2D eigenvalue weighted by molar-refractivity contribution is -0.142. The molecule has 164 valence electrons. The maximum absolute atomic E-state index is 13.4. The zero-order valence-electron chi connectivity index (χ0n) is 19.2. The van der Waals surface area contributed by atoms with Crippen LogP contribution < -0.4 is 0 Å². The molecule has 30 heavy (non-hydrogen) atoms. The summed E-state index contributed by atoms with van der Waals surface area (Å²) in [6.45, 7) is 10.3. The molecule has 0 saturated carbocycles. The van der Waals surface area contributed by atoms with Gasteiger partial charge in [-0.25, -0.2) is 0 Å². The number of aryl methyl sites for hydroxylation is 1. The number of carbonyl (C=O) groups excluding carboxylic acids is 2. The largest absolute Gasteiger partial charge is 0.353 e. The molecule has 1 aromatic carbocycles. The van der Waals surface area contributed by atoms with Gasteiger partial charge < -0.3 is 14.4 Å². The Kier molecular flexibility index (Phi) is 9.15. The molecule has 0 aliphatic heterocycles. The first-order valence-electron chi connectivity index (χ1n) is 11.1. The Balaban J connectivity index is 2.18. The molecule has 1 atom stereocenters. The van der Waals surface area contributed by atoms with Crippen LogP contribution in [0.25, 0.3) is 0 Å². The summed E-state index contributed by atoms with van der Waals surface area (Å²) in [6.07, 6.45) is 3.54. The molecule has 0 N–H and O–H groups in total. The van der Waals surface area contributed by atoms with E-state index in [1.54, 1.807) is 4.90 Å². The topological polar surface area (TPSA) is 45.6 Å². The third kappa shape index (κ3) is 6.48. The second kappa shape index (κ2) is 11.6. The van der Waals surface area contributed by atoms with Gasteiger partial charge >= 0.3 is 0 Å². The van der Waals surface area contributed by atoms with E-state index >= 15 is 0 Å². The van der Waals surface area contributed by atoms with Crippen LogP contribution in [0.2, 0.25) is 0 Å². The molecular formula is C25H37N3O2. The third-order valence-corrected chi connectivity index (χ3v) is 5.38. The minimum atomic E-state index is -0.211. The standard InChI is InChI=1S/C25H37N3O2/c1-6-15-27(25(30)23(7-2)21-12-9-8-10-13-21)19-24(29)28(17-20(3)4)18-22-14-11-16-26(22)5/h8-14,16,20,23H,6-7,15,17-19H2,1-5H3. The van der Waals surface area contributed by atoms with E-state index in [2.05, 4.69) is 13.8 Å². The molecule has 0 aliphatic carbocycles. The van der Waals surface area contributed by atoms with Gasteiger partial charge in [-0.15, -0.1) is 0 Å². The van der Waals surface area contributed by atoms with Crippen LogP contribution in [0, 0.1) is 5.92 Å². The highest BCUT2D eigenvalue weighted by atomic mass is 16.2. The highest BCUT2D eigenvalue weighted by Crippen LogP contribution is 2.22. The maximum Gasteiger partial charge on any atom is 0.242 e. The van der Waals surface area contributed by atoms with Crippen molar-refractivity contribution in [3.05, 3.63) is 59.9 Å². The molecule has 2 rings (SSSR count). The fraction of sp³-hybridized carbons (Fsp3) is 0.520. The van der Waals surface area contributed by atoms with Gasteiger partial charge in [0.1, 0.15) is 0 Å². The van der Waals surface area contributed by atoms with Crippen LogP contribution in [-0.2, 0) is 23.2 Å². The Hall–Kier alpha value is -2.56. The van der Waals surface area contributed by atoms with E-state index in [0.29, 0.717) is 25.6 Å². The molecule has 5 nitrogen and oxygen atoms in total. The first-order chi connectivity index (χ1) is 14.4. The van der Waals surface area contributed by atoms with Gasteiger partial charge in [-0.05, 0) is 36.5 Å². The molecular weight excluding hydrogens is 374 g/mol. The summed E-state index contributed by atoms with van der Waals surface area (Å²) in [5.41, 5.74) is 2.11. The highest BCUT2D eigenvalue weighted by Gasteiger charge is 2.27. The van der Waals surface area contributed by atoms with Crippen LogP contribution in [0.1, 0.15) is 57.7 Å². The number of aromatic nitrogens is 1. The molecule has 0 saturated heterocycles. The van der Waals surface area contributed by atoms with Crippen LogP contribution in [0.3, 0.4) is 0 Å². The van der Waals surface area contributed by atoms with E-state index in [1.165, 1.54) is 0 Å². The summed E-state index contributed by atoms with van der Waals surface area (Å²) in [4.78, 5) is 30.3. The van der Waals surface area contributed by atoms with Crippen molar-refractivity contribution in [3.63, 3.8) is 0 Å². The van der Waals surface area contributed by atoms with Crippen LogP contribution >= 0.6 is 0 Å². The number of hydrogen-bond donors (Lipinski definition) is 0. The number of nitrogens with zero attached hydrogens (tertiary/aromatic N) is 3. The fourth-order valence-electron chi connectivity index (χ4n) is 3.81. The first-order valence-corrected chi connectivity index (χ1v) is 11.1. The van der Waals surface area contributed by atoms with E-state index < -0.39 is 0 Å². The summed E-state index contributed by atoms with van der Waals surface area (Å²) in [7, 11) is 1.99. The monoisotopic (exact) mass is 411 g/mol. The molecule has 1 unspecified atom stereocenters. The number of carbonyl (C=O) groups is 2. The van der Waals surface area contributed by atoms with Gasteiger partial charge in [0.05, 0.1) is 19.0 Å². The first kappa shape index (κ1) is 23.7. The molecule has 0 bridgehead atoms. The lowest BCUT2D eigenvalue weighted by Crippen LogP contribution is -2.45. The maximum atomic E-state index is 13.4. The zero-order valence-corrected chi connectivity index (χ0v) is 19.2. The van der Waals surface area contributed by atoms with Crippen molar-refractivity contribution in [1.82, 2.24) is 14.4 Å². The predicted molar refractivity (Wildman–Crippen MR) is 122 cm³/mol. The Morgan fingerprint density at radius 1 is 1.00 bits per heavy atom. The summed E-state index contributed by atoms with van der Waals surface area (Å²) >= 11 is 0. The predicted octanol–water partition coefficient (Wildman–Crippen LogP) is 4.44. The SMILES string of the molecule is CCCN(CC(=O)N(Cc1cccn1C)CC(C)C)C(=O)C(CC)c1ccccc1. The summed E-state index contributed by atoms with van der Waals surface area (Å²) in [6, 6.07) is 13.9. The molecule has 0 spiro atoms. The average Bonchev–Trinajstić information content (AvgIpc) is 3.12. The van der Waals surface area contributed by atoms with Crippen molar-refractivity contribution < 1.29 is 9.59 Å². The van der Waals surface area contributed by atoms with Gasteiger partial charge in [-0.2, -0.15) is 0 Å². The Morgan fingerprint density at radius 3 is 2.23 bits per heavy atom. The molecule has 2 aromatic rings. The van der Waals surface area contributed by atoms with Crippen molar-refractivity contribution in [3.8, 4) is 0 Å². The van der Waals surface area contributed by atoms with Gasteiger partial charge in [0.25, 0.3) is 0 Å². The van der Waals surface area contributed by atoms with E-state index in [-0.39, 0.29) is 24.3 Å². The van der Waals surface area contributed by atoms with E-state index in [1.807, 2.05) is 79.0 Å². The van der Waals surface area contributed by atoms with Gasteiger partial charge in [0.15, 0.2) is 0 Å². The number of benzene rings is 1. The minimum Gasteiger partial charge on any atom is -0.353 e. The van der Waals surface area contributed by atoms with Gasteiger partial charge in [-0.3, -0.25) is 9.59 Å². The van der Waals surface area contributed by atoms with Crippen LogP contribution in [-0.4, -0.2) is 45.8 Å². The summed E-state index contributed by atoms with van der Waals surface area (Å²) in [5.74, 6) is 0.200. The average molecular weight is 412 g/mol. The summed E-state index contributed by atoms with van der Waals surface area (Å²) in [5, 5.41) is 0. The number of amides is 2. The normalized spacial score (nSPS) is 12.1. The Morgan fingerprint density at radius 2 is 1.70 bits per heavy atom. The minimum absolute atomic E-state index is 0.00890. The Bertz CT molecular complexity index is 798. The van der Waals surface area contributed by atoms with Crippen LogP contribution in [0.15, 0.2) is 48.7 Å². The van der Waals surface area contributed by atoms with Gasteiger partial charge in [0.2, 0.25) is 11.8 Å². The Labute approximate surface area is 181 Å². The van der Waals surface area contributed by atoms with E-state index in [4.69, 9.17) is 0 Å². The lowest BCUT2D eigenvalue weighted by Gasteiger charge is -2.31. The van der Waals surface area contributed by atoms with Crippen molar-refractivity contribution in [2.24, 2.45) is 13.0 Å². The zero-order chi connectivity index (χ0) is 22.1. The molecule has 0 radical (unpaired) electrons.